The van der Waals surface area contributed by atoms with Gasteiger partial charge in [0.25, 0.3) is 5.91 Å². The van der Waals surface area contributed by atoms with Gasteiger partial charge in [0.05, 0.1) is 5.56 Å². The van der Waals surface area contributed by atoms with Crippen LogP contribution < -0.4 is 5.32 Å². The average molecular weight is 268 g/mol. The number of aromatic hydroxyl groups is 1. The Kier molecular flexibility index (Phi) is 6.29. The topological polar surface area (TPSA) is 52.6 Å². The lowest BCUT2D eigenvalue weighted by Gasteiger charge is -2.19. The first-order chi connectivity index (χ1) is 9.08. The van der Waals surface area contributed by atoms with Crippen molar-refractivity contribution in [3.05, 3.63) is 29.6 Å². The molecule has 0 aliphatic heterocycles. The normalized spacial score (nSPS) is 10.7. The second-order valence-electron chi connectivity index (χ2n) is 4.35. The van der Waals surface area contributed by atoms with E-state index in [-0.39, 0.29) is 11.3 Å². The summed E-state index contributed by atoms with van der Waals surface area (Å²) in [5, 5.41) is 12.2. The number of rotatable bonds is 7. The summed E-state index contributed by atoms with van der Waals surface area (Å²) in [6.07, 6.45) is 1.06. The lowest BCUT2D eigenvalue weighted by Crippen LogP contribution is -2.35. The molecular formula is C14H21FN2O2. The van der Waals surface area contributed by atoms with Crippen molar-refractivity contribution in [2.24, 2.45) is 0 Å². The molecule has 0 atom stereocenters. The highest BCUT2D eigenvalue weighted by molar-refractivity contribution is 5.96. The molecular weight excluding hydrogens is 247 g/mol. The monoisotopic (exact) mass is 268 g/mol. The number of hydrogen-bond acceptors (Lipinski definition) is 3. The molecule has 1 aromatic rings. The molecule has 0 spiro atoms. The fourth-order valence-corrected chi connectivity index (χ4v) is 1.86. The van der Waals surface area contributed by atoms with Crippen LogP contribution in [0.5, 0.6) is 5.75 Å². The Morgan fingerprint density at radius 2 is 2.11 bits per heavy atom. The highest BCUT2D eigenvalue weighted by Gasteiger charge is 2.12. The third-order valence-electron chi connectivity index (χ3n) is 2.90. The number of amides is 1. The maximum absolute atomic E-state index is 13.0. The summed E-state index contributed by atoms with van der Waals surface area (Å²) in [7, 11) is 0. The first kappa shape index (κ1) is 15.4. The predicted molar refractivity (Wildman–Crippen MR) is 72.8 cm³/mol. The molecule has 0 heterocycles. The van der Waals surface area contributed by atoms with Gasteiger partial charge in [-0.2, -0.15) is 0 Å². The number of nitrogens with zero attached hydrogens (tertiary/aromatic N) is 1. The van der Waals surface area contributed by atoms with E-state index in [9.17, 15) is 14.3 Å². The van der Waals surface area contributed by atoms with Crippen molar-refractivity contribution in [3.8, 4) is 5.75 Å². The molecule has 0 saturated heterocycles. The van der Waals surface area contributed by atoms with Crippen LogP contribution in [0.25, 0.3) is 0 Å². The van der Waals surface area contributed by atoms with Crippen molar-refractivity contribution in [3.63, 3.8) is 0 Å². The maximum Gasteiger partial charge on any atom is 0.255 e. The van der Waals surface area contributed by atoms with Gasteiger partial charge in [0.1, 0.15) is 11.6 Å². The molecule has 0 saturated carbocycles. The number of carbonyl (C=O) groups excluding carboxylic acids is 1. The molecule has 0 aliphatic carbocycles. The van der Waals surface area contributed by atoms with Gasteiger partial charge in [-0.25, -0.2) is 4.39 Å². The Hall–Kier alpha value is -1.62. The van der Waals surface area contributed by atoms with E-state index in [0.29, 0.717) is 6.54 Å². The fourth-order valence-electron chi connectivity index (χ4n) is 1.86. The number of phenols is 1. The molecule has 19 heavy (non-hydrogen) atoms. The Morgan fingerprint density at radius 3 is 2.74 bits per heavy atom. The van der Waals surface area contributed by atoms with Gasteiger partial charge >= 0.3 is 0 Å². The number of phenolic OH excluding ortho intramolecular Hbond substituents is 1. The second kappa shape index (κ2) is 7.74. The highest BCUT2D eigenvalue weighted by atomic mass is 19.1. The van der Waals surface area contributed by atoms with Crippen LogP contribution in [0, 0.1) is 5.82 Å². The largest absolute Gasteiger partial charge is 0.507 e. The Labute approximate surface area is 113 Å². The van der Waals surface area contributed by atoms with E-state index >= 15 is 0 Å². The molecule has 106 valence electrons. The van der Waals surface area contributed by atoms with E-state index in [4.69, 9.17) is 0 Å². The summed E-state index contributed by atoms with van der Waals surface area (Å²) in [6.45, 7) is 7.29. The molecule has 0 fully saturated rings. The van der Waals surface area contributed by atoms with E-state index in [1.54, 1.807) is 0 Å². The quantitative estimate of drug-likeness (QED) is 0.795. The molecule has 0 radical (unpaired) electrons. The van der Waals surface area contributed by atoms with Crippen molar-refractivity contribution < 1.29 is 14.3 Å². The third kappa shape index (κ3) is 4.87. The minimum Gasteiger partial charge on any atom is -0.507 e. The van der Waals surface area contributed by atoms with Gasteiger partial charge in [-0.15, -0.1) is 0 Å². The van der Waals surface area contributed by atoms with Gasteiger partial charge in [-0.05, 0) is 37.7 Å². The van der Waals surface area contributed by atoms with Crippen molar-refractivity contribution in [1.82, 2.24) is 10.2 Å². The smallest absolute Gasteiger partial charge is 0.255 e. The summed E-state index contributed by atoms with van der Waals surface area (Å²) >= 11 is 0. The van der Waals surface area contributed by atoms with Crippen LogP contribution >= 0.6 is 0 Å². The zero-order valence-electron chi connectivity index (χ0n) is 11.4. The zero-order chi connectivity index (χ0) is 14.3. The van der Waals surface area contributed by atoms with Gasteiger partial charge in [0, 0.05) is 13.1 Å². The van der Waals surface area contributed by atoms with Gasteiger partial charge < -0.3 is 15.3 Å². The van der Waals surface area contributed by atoms with Crippen LogP contribution in [0.15, 0.2) is 18.2 Å². The summed E-state index contributed by atoms with van der Waals surface area (Å²) in [5.41, 5.74) is -0.0291. The third-order valence-corrected chi connectivity index (χ3v) is 2.90. The van der Waals surface area contributed by atoms with E-state index in [1.165, 1.54) is 6.07 Å². The number of benzene rings is 1. The molecule has 1 aromatic carbocycles. The predicted octanol–water partition coefficient (Wildman–Crippen LogP) is 1.99. The number of hydrogen-bond donors (Lipinski definition) is 2. The lowest BCUT2D eigenvalue weighted by molar-refractivity contribution is 0.0945. The van der Waals surface area contributed by atoms with Gasteiger partial charge in [0.15, 0.2) is 0 Å². The van der Waals surface area contributed by atoms with Crippen LogP contribution in [0.3, 0.4) is 0 Å². The molecule has 5 heteroatoms. The fraction of sp³-hybridized carbons (Fsp3) is 0.500. The van der Waals surface area contributed by atoms with Crippen LogP contribution in [-0.4, -0.2) is 42.1 Å². The molecule has 4 nitrogen and oxygen atoms in total. The van der Waals surface area contributed by atoms with E-state index in [0.717, 1.165) is 38.2 Å². The van der Waals surface area contributed by atoms with Crippen LogP contribution in [0.1, 0.15) is 30.6 Å². The van der Waals surface area contributed by atoms with Crippen molar-refractivity contribution >= 4 is 5.91 Å². The lowest BCUT2D eigenvalue weighted by atomic mass is 10.2. The minimum atomic E-state index is -0.538. The summed E-state index contributed by atoms with van der Waals surface area (Å²) in [4.78, 5) is 14.0. The van der Waals surface area contributed by atoms with E-state index in [1.807, 2.05) is 0 Å². The molecule has 0 aromatic heterocycles. The van der Waals surface area contributed by atoms with Crippen LogP contribution in [-0.2, 0) is 0 Å². The van der Waals surface area contributed by atoms with Gasteiger partial charge in [-0.1, -0.05) is 13.8 Å². The SMILES string of the molecule is CCCN(CC)CCNC(=O)c1cc(F)ccc1O. The second-order valence-corrected chi connectivity index (χ2v) is 4.35. The number of carbonyl (C=O) groups is 1. The van der Waals surface area contributed by atoms with Crippen LogP contribution in [0.2, 0.25) is 0 Å². The average Bonchev–Trinajstić information content (AvgIpc) is 2.40. The van der Waals surface area contributed by atoms with Crippen molar-refractivity contribution in [1.29, 1.82) is 0 Å². The minimum absolute atomic E-state index is 0.0291. The zero-order valence-corrected chi connectivity index (χ0v) is 11.4. The molecule has 0 bridgehead atoms. The summed E-state index contributed by atoms with van der Waals surface area (Å²) in [5.74, 6) is -1.20. The summed E-state index contributed by atoms with van der Waals surface area (Å²) < 4.78 is 13.0. The number of likely N-dealkylation sites (N-methyl/N-ethyl adjacent to an activating group) is 1. The van der Waals surface area contributed by atoms with Crippen molar-refractivity contribution in [2.45, 2.75) is 20.3 Å². The molecule has 0 aliphatic rings. The molecule has 0 unspecified atom stereocenters. The number of nitrogens with one attached hydrogen (secondary N) is 1. The standard InChI is InChI=1S/C14H21FN2O2/c1-3-8-17(4-2)9-7-16-14(19)12-10-11(15)5-6-13(12)18/h5-6,10,18H,3-4,7-9H2,1-2H3,(H,16,19). The molecule has 1 rings (SSSR count). The Balaban J connectivity index is 2.49. The van der Waals surface area contributed by atoms with E-state index in [2.05, 4.69) is 24.1 Å². The summed E-state index contributed by atoms with van der Waals surface area (Å²) in [6, 6.07) is 3.33. The van der Waals surface area contributed by atoms with Gasteiger partial charge in [-0.3, -0.25) is 4.79 Å². The van der Waals surface area contributed by atoms with E-state index < -0.39 is 11.7 Å². The number of halogens is 1. The Morgan fingerprint density at radius 1 is 1.37 bits per heavy atom. The Bertz CT molecular complexity index is 424. The first-order valence-electron chi connectivity index (χ1n) is 6.57. The molecule has 2 N–H and O–H groups in total. The first-order valence-corrected chi connectivity index (χ1v) is 6.57. The highest BCUT2D eigenvalue weighted by Crippen LogP contribution is 2.17. The van der Waals surface area contributed by atoms with Gasteiger partial charge in [0.2, 0.25) is 0 Å². The molecule has 1 amide bonds. The van der Waals surface area contributed by atoms with Crippen LogP contribution in [0.4, 0.5) is 4.39 Å². The van der Waals surface area contributed by atoms with Crippen molar-refractivity contribution in [2.75, 3.05) is 26.2 Å². The maximum atomic E-state index is 13.0.